The number of amides is 2. The van der Waals surface area contributed by atoms with E-state index in [0.717, 1.165) is 18.6 Å². The minimum absolute atomic E-state index is 0.0899. The first kappa shape index (κ1) is 19.1. The molecule has 7 heteroatoms. The zero-order valence-electron chi connectivity index (χ0n) is 14.6. The molecule has 0 aromatic heterocycles. The number of benzene rings is 1. The van der Waals surface area contributed by atoms with Crippen LogP contribution in [0.4, 0.5) is 4.79 Å². The van der Waals surface area contributed by atoms with E-state index in [1.54, 1.807) is 0 Å². The lowest BCUT2D eigenvalue weighted by atomic mass is 10.3. The van der Waals surface area contributed by atoms with Crippen LogP contribution in [0, 0.1) is 0 Å². The van der Waals surface area contributed by atoms with Crippen molar-refractivity contribution in [3.8, 4) is 5.75 Å². The van der Waals surface area contributed by atoms with Gasteiger partial charge >= 0.3 is 6.09 Å². The molecule has 0 saturated carbocycles. The van der Waals surface area contributed by atoms with E-state index in [2.05, 4.69) is 0 Å². The van der Waals surface area contributed by atoms with Gasteiger partial charge in [-0.2, -0.15) is 0 Å². The van der Waals surface area contributed by atoms with Gasteiger partial charge in [-0.25, -0.2) is 4.79 Å². The second-order valence-corrected chi connectivity index (χ2v) is 6.00. The fraction of sp³-hybridized carbons (Fsp3) is 0.556. The van der Waals surface area contributed by atoms with E-state index in [9.17, 15) is 14.7 Å². The Labute approximate surface area is 148 Å². The van der Waals surface area contributed by atoms with E-state index < -0.39 is 12.2 Å². The van der Waals surface area contributed by atoms with Gasteiger partial charge in [0, 0.05) is 6.54 Å². The van der Waals surface area contributed by atoms with Crippen molar-refractivity contribution in [3.63, 3.8) is 0 Å². The summed E-state index contributed by atoms with van der Waals surface area (Å²) in [4.78, 5) is 27.2. The molecule has 1 saturated heterocycles. The van der Waals surface area contributed by atoms with Crippen molar-refractivity contribution in [2.24, 2.45) is 0 Å². The molecule has 2 amide bonds. The summed E-state index contributed by atoms with van der Waals surface area (Å²) in [6.07, 6.45) is 0.341. The van der Waals surface area contributed by atoms with Gasteiger partial charge in [0.15, 0.2) is 0 Å². The Hall–Kier alpha value is -2.28. The van der Waals surface area contributed by atoms with Crippen LogP contribution in [0.5, 0.6) is 5.75 Å². The molecule has 1 aromatic rings. The molecule has 2 rings (SSSR count). The topological polar surface area (TPSA) is 79.3 Å². The highest BCUT2D eigenvalue weighted by Crippen LogP contribution is 2.10. The van der Waals surface area contributed by atoms with Crippen LogP contribution in [0.15, 0.2) is 30.3 Å². The van der Waals surface area contributed by atoms with E-state index in [4.69, 9.17) is 9.47 Å². The van der Waals surface area contributed by atoms with Crippen LogP contribution in [0.3, 0.4) is 0 Å². The standard InChI is InChI=1S/C18H26N2O5/c1-2-3-10-25-18(23)20-13-15(21)12-19(17(22)14-20)9-11-24-16-7-5-4-6-8-16/h4-8,15,21H,2-3,9-14H2,1H3. The fourth-order valence-corrected chi connectivity index (χ4v) is 2.54. The number of aliphatic hydroxyl groups excluding tert-OH is 1. The zero-order chi connectivity index (χ0) is 18.1. The molecule has 25 heavy (non-hydrogen) atoms. The summed E-state index contributed by atoms with van der Waals surface area (Å²) in [7, 11) is 0. The average molecular weight is 350 g/mol. The van der Waals surface area contributed by atoms with Gasteiger partial charge in [0.2, 0.25) is 5.91 Å². The van der Waals surface area contributed by atoms with E-state index in [0.29, 0.717) is 19.8 Å². The number of hydrogen-bond donors (Lipinski definition) is 1. The number of para-hydroxylation sites is 1. The Morgan fingerprint density at radius 3 is 2.72 bits per heavy atom. The van der Waals surface area contributed by atoms with Gasteiger partial charge in [-0.1, -0.05) is 31.5 Å². The SMILES string of the molecule is CCCCOC(=O)N1CC(=O)N(CCOc2ccccc2)CC(O)C1. The smallest absolute Gasteiger partial charge is 0.410 e. The molecule has 1 unspecified atom stereocenters. The second kappa shape index (κ2) is 9.88. The lowest BCUT2D eigenvalue weighted by molar-refractivity contribution is -0.131. The Kier molecular flexibility index (Phi) is 7.53. The number of aliphatic hydroxyl groups is 1. The van der Waals surface area contributed by atoms with Crippen LogP contribution >= 0.6 is 0 Å². The molecule has 7 nitrogen and oxygen atoms in total. The molecule has 0 bridgehead atoms. The zero-order valence-corrected chi connectivity index (χ0v) is 14.6. The molecule has 1 fully saturated rings. The second-order valence-electron chi connectivity index (χ2n) is 6.00. The molecule has 1 heterocycles. The quantitative estimate of drug-likeness (QED) is 0.754. The Balaban J connectivity index is 1.83. The number of unbranched alkanes of at least 4 members (excludes halogenated alkanes) is 1. The van der Waals surface area contributed by atoms with Crippen molar-refractivity contribution in [3.05, 3.63) is 30.3 Å². The Morgan fingerprint density at radius 2 is 2.00 bits per heavy atom. The molecule has 138 valence electrons. The first-order valence-electron chi connectivity index (χ1n) is 8.65. The minimum atomic E-state index is -0.804. The highest BCUT2D eigenvalue weighted by Gasteiger charge is 2.30. The van der Waals surface area contributed by atoms with Crippen LogP contribution < -0.4 is 4.74 Å². The van der Waals surface area contributed by atoms with Gasteiger partial charge in [0.25, 0.3) is 0 Å². The number of ether oxygens (including phenoxy) is 2. The summed E-state index contributed by atoms with van der Waals surface area (Å²) in [5.74, 6) is 0.507. The van der Waals surface area contributed by atoms with Crippen LogP contribution in [-0.4, -0.2) is 72.4 Å². The third kappa shape index (κ3) is 6.26. The third-order valence-electron chi connectivity index (χ3n) is 3.90. The highest BCUT2D eigenvalue weighted by atomic mass is 16.6. The number of hydrogen-bond acceptors (Lipinski definition) is 5. The fourth-order valence-electron chi connectivity index (χ4n) is 2.54. The van der Waals surface area contributed by atoms with Crippen molar-refractivity contribution in [2.45, 2.75) is 25.9 Å². The number of nitrogens with zero attached hydrogens (tertiary/aromatic N) is 2. The van der Waals surface area contributed by atoms with Crippen molar-refractivity contribution >= 4 is 12.0 Å². The first-order valence-corrected chi connectivity index (χ1v) is 8.65. The molecule has 0 radical (unpaired) electrons. The molecule has 1 aliphatic heterocycles. The van der Waals surface area contributed by atoms with E-state index >= 15 is 0 Å². The number of carbonyl (C=O) groups is 2. The van der Waals surface area contributed by atoms with Crippen molar-refractivity contribution in [1.29, 1.82) is 0 Å². The molecule has 1 atom stereocenters. The van der Waals surface area contributed by atoms with Crippen molar-refractivity contribution in [1.82, 2.24) is 9.80 Å². The number of carbonyl (C=O) groups excluding carboxylic acids is 2. The summed E-state index contributed by atoms with van der Waals surface area (Å²) >= 11 is 0. The summed E-state index contributed by atoms with van der Waals surface area (Å²) in [6, 6.07) is 9.33. The van der Waals surface area contributed by atoms with Crippen LogP contribution in [0.1, 0.15) is 19.8 Å². The van der Waals surface area contributed by atoms with E-state index in [1.807, 2.05) is 37.3 Å². The normalized spacial score (nSPS) is 18.0. The lowest BCUT2D eigenvalue weighted by Gasteiger charge is -2.21. The molecular weight excluding hydrogens is 324 g/mol. The summed E-state index contributed by atoms with van der Waals surface area (Å²) in [5, 5.41) is 10.1. The predicted molar refractivity (Wildman–Crippen MR) is 92.4 cm³/mol. The highest BCUT2D eigenvalue weighted by molar-refractivity contribution is 5.82. The maximum absolute atomic E-state index is 12.4. The molecule has 1 aliphatic rings. The number of β-amino-alcohol motifs (C(OH)–C–C–N with tert-alkyl or cyclic N) is 1. The monoisotopic (exact) mass is 350 g/mol. The lowest BCUT2D eigenvalue weighted by Crippen LogP contribution is -2.41. The molecule has 1 N–H and O–H groups in total. The molecule has 0 aliphatic carbocycles. The van der Waals surface area contributed by atoms with Crippen molar-refractivity contribution < 1.29 is 24.2 Å². The number of rotatable bonds is 7. The third-order valence-corrected chi connectivity index (χ3v) is 3.90. The largest absolute Gasteiger partial charge is 0.492 e. The summed E-state index contributed by atoms with van der Waals surface area (Å²) < 4.78 is 10.7. The molecule has 1 aromatic carbocycles. The van der Waals surface area contributed by atoms with Gasteiger partial charge < -0.3 is 19.5 Å². The van der Waals surface area contributed by atoms with E-state index in [1.165, 1.54) is 9.80 Å². The summed E-state index contributed by atoms with van der Waals surface area (Å²) in [6.45, 7) is 3.18. The Bertz CT molecular complexity index is 552. The average Bonchev–Trinajstić information content (AvgIpc) is 2.74. The van der Waals surface area contributed by atoms with Gasteiger partial charge in [-0.3, -0.25) is 9.69 Å². The van der Waals surface area contributed by atoms with Gasteiger partial charge in [0.1, 0.15) is 18.9 Å². The summed E-state index contributed by atoms with van der Waals surface area (Å²) in [5.41, 5.74) is 0. The van der Waals surface area contributed by atoms with Crippen LogP contribution in [0.25, 0.3) is 0 Å². The van der Waals surface area contributed by atoms with Crippen molar-refractivity contribution in [2.75, 3.05) is 39.4 Å². The first-order chi connectivity index (χ1) is 12.1. The van der Waals surface area contributed by atoms with Crippen LogP contribution in [-0.2, 0) is 9.53 Å². The maximum Gasteiger partial charge on any atom is 0.410 e. The minimum Gasteiger partial charge on any atom is -0.492 e. The van der Waals surface area contributed by atoms with Gasteiger partial charge in [-0.05, 0) is 18.6 Å². The van der Waals surface area contributed by atoms with E-state index in [-0.39, 0.29) is 25.5 Å². The van der Waals surface area contributed by atoms with Gasteiger partial charge in [0.05, 0.1) is 25.8 Å². The van der Waals surface area contributed by atoms with Gasteiger partial charge in [-0.15, -0.1) is 0 Å². The molecule has 0 spiro atoms. The van der Waals surface area contributed by atoms with Crippen LogP contribution in [0.2, 0.25) is 0 Å². The molecular formula is C18H26N2O5. The Morgan fingerprint density at radius 1 is 1.24 bits per heavy atom. The predicted octanol–water partition coefficient (Wildman–Crippen LogP) is 1.51. The maximum atomic E-state index is 12.4.